The summed E-state index contributed by atoms with van der Waals surface area (Å²) in [6, 6.07) is 1.38. The first-order chi connectivity index (χ1) is 7.13. The Balaban J connectivity index is 2.42. The molecule has 0 aromatic heterocycles. The zero-order valence-corrected chi connectivity index (χ0v) is 10.7. The number of rotatable bonds is 4. The quantitative estimate of drug-likeness (QED) is 0.717. The van der Waals surface area contributed by atoms with E-state index in [1.54, 1.807) is 0 Å². The number of hydrogen-bond donors (Lipinski definition) is 1. The van der Waals surface area contributed by atoms with Gasteiger partial charge in [-0.25, -0.2) is 0 Å². The molecule has 0 saturated carbocycles. The van der Waals surface area contributed by atoms with E-state index in [4.69, 9.17) is 0 Å². The second-order valence-corrected chi connectivity index (χ2v) is 4.98. The van der Waals surface area contributed by atoms with Crippen molar-refractivity contribution in [3.63, 3.8) is 0 Å². The van der Waals surface area contributed by atoms with Gasteiger partial charge in [0.05, 0.1) is 0 Å². The van der Waals surface area contributed by atoms with Crippen molar-refractivity contribution in [3.05, 3.63) is 11.6 Å². The van der Waals surface area contributed by atoms with E-state index in [2.05, 4.69) is 44.0 Å². The first-order valence-corrected chi connectivity index (χ1v) is 6.24. The van der Waals surface area contributed by atoms with E-state index in [0.29, 0.717) is 12.1 Å². The highest BCUT2D eigenvalue weighted by molar-refractivity contribution is 4.97. The fourth-order valence-electron chi connectivity index (χ4n) is 2.09. The molecule has 1 rings (SSSR count). The van der Waals surface area contributed by atoms with Crippen LogP contribution in [0.4, 0.5) is 0 Å². The molecule has 2 nitrogen and oxygen atoms in total. The summed E-state index contributed by atoms with van der Waals surface area (Å²) >= 11 is 0. The van der Waals surface area contributed by atoms with Crippen molar-refractivity contribution in [3.8, 4) is 0 Å². The Morgan fingerprint density at radius 1 is 1.47 bits per heavy atom. The fourth-order valence-corrected chi connectivity index (χ4v) is 2.09. The van der Waals surface area contributed by atoms with Crippen LogP contribution in [0.1, 0.15) is 40.5 Å². The molecule has 88 valence electrons. The predicted molar refractivity (Wildman–Crippen MR) is 67.2 cm³/mol. The summed E-state index contributed by atoms with van der Waals surface area (Å²) in [7, 11) is 0. The molecule has 1 aliphatic heterocycles. The fraction of sp³-hybridized carbons (Fsp3) is 0.846. The van der Waals surface area contributed by atoms with Crippen molar-refractivity contribution in [1.29, 1.82) is 0 Å². The Bertz CT molecular complexity index is 207. The molecular weight excluding hydrogens is 184 g/mol. The lowest BCUT2D eigenvalue weighted by Gasteiger charge is -2.38. The average molecular weight is 210 g/mol. The molecule has 1 N–H and O–H groups in total. The van der Waals surface area contributed by atoms with E-state index in [1.165, 1.54) is 25.0 Å². The van der Waals surface area contributed by atoms with Crippen LogP contribution in [0.15, 0.2) is 11.6 Å². The number of nitrogens with zero attached hydrogens (tertiary/aromatic N) is 1. The number of allylic oxidation sites excluding steroid dienone is 1. The van der Waals surface area contributed by atoms with Crippen molar-refractivity contribution in [2.24, 2.45) is 0 Å². The molecule has 0 bridgehead atoms. The van der Waals surface area contributed by atoms with Gasteiger partial charge in [-0.15, -0.1) is 0 Å². The average Bonchev–Trinajstić information content (AvgIpc) is 2.19. The van der Waals surface area contributed by atoms with Crippen LogP contribution in [-0.4, -0.2) is 36.6 Å². The van der Waals surface area contributed by atoms with Gasteiger partial charge < -0.3 is 5.32 Å². The molecule has 1 saturated heterocycles. The zero-order valence-electron chi connectivity index (χ0n) is 10.7. The normalized spacial score (nSPS) is 27.7. The van der Waals surface area contributed by atoms with Crippen LogP contribution in [0.25, 0.3) is 0 Å². The van der Waals surface area contributed by atoms with Gasteiger partial charge in [-0.1, -0.05) is 25.0 Å². The second-order valence-electron chi connectivity index (χ2n) is 4.98. The van der Waals surface area contributed by atoms with Gasteiger partial charge in [0.1, 0.15) is 0 Å². The molecule has 2 unspecified atom stereocenters. The maximum Gasteiger partial charge on any atom is 0.0196 e. The summed E-state index contributed by atoms with van der Waals surface area (Å²) in [5.74, 6) is 0. The lowest BCUT2D eigenvalue weighted by Crippen LogP contribution is -2.55. The van der Waals surface area contributed by atoms with Crippen LogP contribution < -0.4 is 5.32 Å². The molecule has 1 fully saturated rings. The van der Waals surface area contributed by atoms with Gasteiger partial charge in [0.15, 0.2) is 0 Å². The van der Waals surface area contributed by atoms with E-state index < -0.39 is 0 Å². The maximum absolute atomic E-state index is 3.63. The van der Waals surface area contributed by atoms with Crippen molar-refractivity contribution >= 4 is 0 Å². The van der Waals surface area contributed by atoms with Crippen LogP contribution >= 0.6 is 0 Å². The largest absolute Gasteiger partial charge is 0.311 e. The van der Waals surface area contributed by atoms with Crippen molar-refractivity contribution in [2.45, 2.75) is 52.6 Å². The van der Waals surface area contributed by atoms with Gasteiger partial charge in [-0.05, 0) is 27.2 Å². The highest BCUT2D eigenvalue weighted by Crippen LogP contribution is 2.10. The molecule has 1 aliphatic rings. The van der Waals surface area contributed by atoms with Gasteiger partial charge in [0.2, 0.25) is 0 Å². The molecule has 0 amide bonds. The molecule has 2 atom stereocenters. The van der Waals surface area contributed by atoms with Crippen molar-refractivity contribution in [2.75, 3.05) is 19.6 Å². The summed E-state index contributed by atoms with van der Waals surface area (Å²) < 4.78 is 0. The zero-order chi connectivity index (χ0) is 11.3. The Labute approximate surface area is 94.7 Å². The van der Waals surface area contributed by atoms with E-state index in [0.717, 1.165) is 13.1 Å². The molecule has 1 heterocycles. The Morgan fingerprint density at radius 2 is 2.20 bits per heavy atom. The minimum Gasteiger partial charge on any atom is -0.311 e. The molecular formula is C13H26N2. The van der Waals surface area contributed by atoms with Gasteiger partial charge in [-0.2, -0.15) is 0 Å². The third-order valence-electron chi connectivity index (χ3n) is 3.15. The van der Waals surface area contributed by atoms with Crippen LogP contribution in [-0.2, 0) is 0 Å². The van der Waals surface area contributed by atoms with Gasteiger partial charge >= 0.3 is 0 Å². The number of nitrogens with one attached hydrogen (secondary N) is 1. The molecule has 0 radical (unpaired) electrons. The third-order valence-corrected chi connectivity index (χ3v) is 3.15. The molecule has 0 aliphatic carbocycles. The number of hydrogen-bond acceptors (Lipinski definition) is 2. The molecule has 0 spiro atoms. The predicted octanol–water partition coefficient (Wildman–Crippen LogP) is 2.42. The lowest BCUT2D eigenvalue weighted by molar-refractivity contribution is 0.152. The van der Waals surface area contributed by atoms with Gasteiger partial charge in [-0.3, -0.25) is 4.90 Å². The van der Waals surface area contributed by atoms with Crippen molar-refractivity contribution < 1.29 is 0 Å². The highest BCUT2D eigenvalue weighted by Gasteiger charge is 2.22. The summed E-state index contributed by atoms with van der Waals surface area (Å²) in [6.07, 6.45) is 4.92. The third kappa shape index (κ3) is 4.35. The van der Waals surface area contributed by atoms with E-state index in [1.807, 2.05) is 0 Å². The van der Waals surface area contributed by atoms with E-state index in [-0.39, 0.29) is 0 Å². The molecule has 0 aromatic rings. The highest BCUT2D eigenvalue weighted by atomic mass is 15.2. The summed E-state index contributed by atoms with van der Waals surface area (Å²) in [4.78, 5) is 2.59. The molecule has 15 heavy (non-hydrogen) atoms. The Morgan fingerprint density at radius 3 is 2.80 bits per heavy atom. The Kier molecular flexibility index (Phi) is 5.34. The summed E-state index contributed by atoms with van der Waals surface area (Å²) in [6.45, 7) is 12.4. The van der Waals surface area contributed by atoms with Crippen LogP contribution in [0, 0.1) is 0 Å². The Hall–Kier alpha value is -0.340. The van der Waals surface area contributed by atoms with E-state index in [9.17, 15) is 0 Å². The maximum atomic E-state index is 3.63. The van der Waals surface area contributed by atoms with Crippen molar-refractivity contribution in [1.82, 2.24) is 10.2 Å². The first-order valence-electron chi connectivity index (χ1n) is 6.24. The van der Waals surface area contributed by atoms with Crippen LogP contribution in [0.3, 0.4) is 0 Å². The SMILES string of the molecule is CCCC1CN(CC=C(C)C)C(C)CN1. The smallest absolute Gasteiger partial charge is 0.0196 e. The van der Waals surface area contributed by atoms with E-state index >= 15 is 0 Å². The monoisotopic (exact) mass is 210 g/mol. The molecule has 2 heteroatoms. The topological polar surface area (TPSA) is 15.3 Å². The summed E-state index contributed by atoms with van der Waals surface area (Å²) in [5.41, 5.74) is 1.42. The number of piperazine rings is 1. The minimum absolute atomic E-state index is 0.675. The van der Waals surface area contributed by atoms with Gasteiger partial charge in [0, 0.05) is 31.7 Å². The van der Waals surface area contributed by atoms with Crippen LogP contribution in [0.2, 0.25) is 0 Å². The summed E-state index contributed by atoms with van der Waals surface area (Å²) in [5, 5.41) is 3.63. The first kappa shape index (κ1) is 12.7. The standard InChI is InChI=1S/C13H26N2/c1-5-6-13-10-15(8-7-11(2)3)12(4)9-14-13/h7,12-14H,5-6,8-10H2,1-4H3. The second kappa shape index (κ2) is 6.29. The van der Waals surface area contributed by atoms with Gasteiger partial charge in [0.25, 0.3) is 0 Å². The molecule has 0 aromatic carbocycles. The minimum atomic E-state index is 0.675. The lowest BCUT2D eigenvalue weighted by atomic mass is 10.1. The van der Waals surface area contributed by atoms with Crippen LogP contribution in [0.5, 0.6) is 0 Å².